The molecule has 2 fully saturated rings. The molecule has 0 radical (unpaired) electrons. The topological polar surface area (TPSA) is 59.0 Å². The van der Waals surface area contributed by atoms with Gasteiger partial charge in [-0.15, -0.1) is 0 Å². The van der Waals surface area contributed by atoms with Crippen LogP contribution >= 0.6 is 0 Å². The first kappa shape index (κ1) is 20.7. The Balaban J connectivity index is 1.80. The molecule has 0 aromatic heterocycles. The van der Waals surface area contributed by atoms with Crippen molar-refractivity contribution < 1.29 is 23.8 Å². The summed E-state index contributed by atoms with van der Waals surface area (Å²) in [5.41, 5.74) is 0.342. The summed E-state index contributed by atoms with van der Waals surface area (Å²) in [6, 6.07) is 11.0. The average Bonchev–Trinajstić information content (AvgIpc) is 2.77. The van der Waals surface area contributed by atoms with Crippen LogP contribution < -0.4 is 9.47 Å². The standard InChI is InChI=1S/C24H28FNO4/c1-29-18-9-10-19(21(15-18)30-2)22-20-8-3-4-11-24(20,28)12-13-26(22)23(27)16-6-5-7-17(25)14-16/h5-7,9-10,14-15,20,22,28H,3-4,8,11-13H2,1-2H3/t20-,22+,24+/m0/s1. The Labute approximate surface area is 176 Å². The molecule has 1 amide bonds. The largest absolute Gasteiger partial charge is 0.497 e. The number of fused-ring (bicyclic) bond motifs is 1. The summed E-state index contributed by atoms with van der Waals surface area (Å²) >= 11 is 0. The number of benzene rings is 2. The number of methoxy groups -OCH3 is 2. The molecule has 2 aliphatic rings. The van der Waals surface area contributed by atoms with Gasteiger partial charge in [-0.25, -0.2) is 4.39 Å². The fourth-order valence-electron chi connectivity index (χ4n) is 5.14. The number of rotatable bonds is 4. The SMILES string of the molecule is COc1ccc([C@@H]2[C@@H]3CCCC[C@@]3(O)CCN2C(=O)c2cccc(F)c2)c(OC)c1. The first-order valence-electron chi connectivity index (χ1n) is 10.5. The minimum Gasteiger partial charge on any atom is -0.497 e. The van der Waals surface area contributed by atoms with Crippen LogP contribution in [0.4, 0.5) is 4.39 Å². The highest BCUT2D eigenvalue weighted by atomic mass is 19.1. The molecule has 0 unspecified atom stereocenters. The highest BCUT2D eigenvalue weighted by molar-refractivity contribution is 5.94. The number of carbonyl (C=O) groups excluding carboxylic acids is 1. The number of hydrogen-bond donors (Lipinski definition) is 1. The predicted octanol–water partition coefficient (Wildman–Crippen LogP) is 4.35. The lowest BCUT2D eigenvalue weighted by molar-refractivity contribution is -0.115. The Kier molecular flexibility index (Phi) is 5.69. The minimum atomic E-state index is -0.813. The smallest absolute Gasteiger partial charge is 0.254 e. The maximum Gasteiger partial charge on any atom is 0.254 e. The first-order chi connectivity index (χ1) is 14.5. The van der Waals surface area contributed by atoms with Crippen LogP contribution in [0.15, 0.2) is 42.5 Å². The van der Waals surface area contributed by atoms with Crippen LogP contribution in [0.2, 0.25) is 0 Å². The molecule has 30 heavy (non-hydrogen) atoms. The van der Waals surface area contributed by atoms with Crippen molar-refractivity contribution in [3.8, 4) is 11.5 Å². The molecule has 2 aromatic rings. The molecule has 1 N–H and O–H groups in total. The molecule has 3 atom stereocenters. The summed E-state index contributed by atoms with van der Waals surface area (Å²) in [4.78, 5) is 15.2. The molecule has 0 spiro atoms. The maximum absolute atomic E-state index is 13.8. The van der Waals surface area contributed by atoms with E-state index in [1.165, 1.54) is 12.1 Å². The molecule has 4 rings (SSSR count). The molecule has 160 valence electrons. The van der Waals surface area contributed by atoms with Gasteiger partial charge in [0.15, 0.2) is 0 Å². The Morgan fingerprint density at radius 2 is 1.97 bits per heavy atom. The molecule has 1 heterocycles. The van der Waals surface area contributed by atoms with Crippen molar-refractivity contribution in [2.75, 3.05) is 20.8 Å². The average molecular weight is 413 g/mol. The van der Waals surface area contributed by atoms with E-state index in [0.717, 1.165) is 31.2 Å². The molecular weight excluding hydrogens is 385 g/mol. The van der Waals surface area contributed by atoms with Gasteiger partial charge in [0, 0.05) is 29.7 Å². The van der Waals surface area contributed by atoms with Gasteiger partial charge >= 0.3 is 0 Å². The summed E-state index contributed by atoms with van der Waals surface area (Å²) in [7, 11) is 3.18. The molecule has 5 nitrogen and oxygen atoms in total. The molecule has 0 bridgehead atoms. The van der Waals surface area contributed by atoms with E-state index in [4.69, 9.17) is 9.47 Å². The molecule has 1 saturated carbocycles. The highest BCUT2D eigenvalue weighted by Gasteiger charge is 2.51. The lowest BCUT2D eigenvalue weighted by Crippen LogP contribution is -2.56. The van der Waals surface area contributed by atoms with E-state index < -0.39 is 11.4 Å². The molecular formula is C24H28FNO4. The van der Waals surface area contributed by atoms with Gasteiger partial charge in [0.1, 0.15) is 17.3 Å². The van der Waals surface area contributed by atoms with Crippen LogP contribution in [0.3, 0.4) is 0 Å². The Morgan fingerprint density at radius 3 is 2.70 bits per heavy atom. The van der Waals surface area contributed by atoms with Gasteiger partial charge in [-0.2, -0.15) is 0 Å². The third-order valence-corrected chi connectivity index (χ3v) is 6.66. The van der Waals surface area contributed by atoms with Crippen LogP contribution in [-0.4, -0.2) is 42.3 Å². The van der Waals surface area contributed by atoms with E-state index in [1.807, 2.05) is 12.1 Å². The zero-order valence-corrected chi connectivity index (χ0v) is 17.4. The Hall–Kier alpha value is -2.60. The van der Waals surface area contributed by atoms with E-state index in [9.17, 15) is 14.3 Å². The van der Waals surface area contributed by atoms with Crippen LogP contribution in [0, 0.1) is 11.7 Å². The van der Waals surface area contributed by atoms with Crippen molar-refractivity contribution in [3.05, 3.63) is 59.4 Å². The summed E-state index contributed by atoms with van der Waals surface area (Å²) in [5, 5.41) is 11.4. The summed E-state index contributed by atoms with van der Waals surface area (Å²) in [6.45, 7) is 0.405. The third kappa shape index (κ3) is 3.65. The van der Waals surface area contributed by atoms with E-state index >= 15 is 0 Å². The Bertz CT molecular complexity index is 933. The molecule has 1 saturated heterocycles. The van der Waals surface area contributed by atoms with E-state index in [1.54, 1.807) is 37.3 Å². The lowest BCUT2D eigenvalue weighted by atomic mass is 9.66. The van der Waals surface area contributed by atoms with E-state index in [0.29, 0.717) is 30.0 Å². The minimum absolute atomic E-state index is 0.111. The number of aliphatic hydroxyl groups is 1. The fraction of sp³-hybridized carbons (Fsp3) is 0.458. The molecule has 1 aliphatic carbocycles. The van der Waals surface area contributed by atoms with Crippen LogP contribution in [-0.2, 0) is 0 Å². The Morgan fingerprint density at radius 1 is 1.13 bits per heavy atom. The van der Waals surface area contributed by atoms with Crippen LogP contribution in [0.5, 0.6) is 11.5 Å². The zero-order chi connectivity index (χ0) is 21.3. The molecule has 6 heteroatoms. The number of ether oxygens (including phenoxy) is 2. The van der Waals surface area contributed by atoms with E-state index in [-0.39, 0.29) is 17.9 Å². The number of hydrogen-bond acceptors (Lipinski definition) is 4. The summed E-state index contributed by atoms with van der Waals surface area (Å²) in [5.74, 6) is 0.495. The van der Waals surface area contributed by atoms with Crippen molar-refractivity contribution in [2.24, 2.45) is 5.92 Å². The van der Waals surface area contributed by atoms with Gasteiger partial charge < -0.3 is 19.5 Å². The fourth-order valence-corrected chi connectivity index (χ4v) is 5.14. The van der Waals surface area contributed by atoms with Gasteiger partial charge in [0.2, 0.25) is 0 Å². The maximum atomic E-state index is 13.8. The zero-order valence-electron chi connectivity index (χ0n) is 17.4. The van der Waals surface area contributed by atoms with Crippen LogP contribution in [0.1, 0.15) is 54.1 Å². The van der Waals surface area contributed by atoms with Crippen molar-refractivity contribution in [3.63, 3.8) is 0 Å². The predicted molar refractivity (Wildman–Crippen MR) is 111 cm³/mol. The van der Waals surface area contributed by atoms with Gasteiger partial charge in [-0.1, -0.05) is 18.9 Å². The molecule has 2 aromatic carbocycles. The van der Waals surface area contributed by atoms with Gasteiger partial charge in [0.05, 0.1) is 25.9 Å². The highest BCUT2D eigenvalue weighted by Crippen LogP contribution is 2.51. The van der Waals surface area contributed by atoms with Gasteiger partial charge in [-0.3, -0.25) is 4.79 Å². The summed E-state index contributed by atoms with van der Waals surface area (Å²) in [6.07, 6.45) is 4.06. The number of nitrogens with zero attached hydrogens (tertiary/aromatic N) is 1. The second-order valence-electron chi connectivity index (χ2n) is 8.27. The van der Waals surface area contributed by atoms with Crippen molar-refractivity contribution in [2.45, 2.75) is 43.7 Å². The van der Waals surface area contributed by atoms with Crippen molar-refractivity contribution >= 4 is 5.91 Å². The number of amides is 1. The monoisotopic (exact) mass is 413 g/mol. The second-order valence-corrected chi connectivity index (χ2v) is 8.27. The van der Waals surface area contributed by atoms with E-state index in [2.05, 4.69) is 0 Å². The van der Waals surface area contributed by atoms with Crippen LogP contribution in [0.25, 0.3) is 0 Å². The van der Waals surface area contributed by atoms with Crippen molar-refractivity contribution in [1.29, 1.82) is 0 Å². The third-order valence-electron chi connectivity index (χ3n) is 6.66. The quantitative estimate of drug-likeness (QED) is 0.810. The second kappa shape index (κ2) is 8.26. The number of likely N-dealkylation sites (tertiary alicyclic amines) is 1. The lowest BCUT2D eigenvalue weighted by Gasteiger charge is -2.52. The van der Waals surface area contributed by atoms with Crippen molar-refractivity contribution in [1.82, 2.24) is 4.90 Å². The number of piperidine rings is 1. The number of halogens is 1. The number of carbonyl (C=O) groups is 1. The van der Waals surface area contributed by atoms with Gasteiger partial charge in [-0.05, 0) is 49.6 Å². The molecule has 1 aliphatic heterocycles. The summed E-state index contributed by atoms with van der Waals surface area (Å²) < 4.78 is 24.8. The van der Waals surface area contributed by atoms with Gasteiger partial charge in [0.25, 0.3) is 5.91 Å². The normalized spacial score (nSPS) is 26.1. The first-order valence-corrected chi connectivity index (χ1v) is 10.5.